The molecule has 1 aliphatic rings. The quantitative estimate of drug-likeness (QED) is 0.672. The van der Waals surface area contributed by atoms with E-state index in [2.05, 4.69) is 20.4 Å². The Kier molecular flexibility index (Phi) is 4.38. The molecule has 0 radical (unpaired) electrons. The summed E-state index contributed by atoms with van der Waals surface area (Å²) in [5.74, 6) is -2.05. The highest BCUT2D eigenvalue weighted by Gasteiger charge is 2.40. The maximum atomic E-state index is 14.9. The van der Waals surface area contributed by atoms with Crippen molar-refractivity contribution in [3.05, 3.63) is 58.5 Å². The van der Waals surface area contributed by atoms with Crippen molar-refractivity contribution in [2.75, 3.05) is 12.4 Å². The molecule has 2 aromatic heterocycles. The molecule has 1 aromatic carbocycles. The van der Waals surface area contributed by atoms with Gasteiger partial charge < -0.3 is 4.74 Å². The molecule has 1 fully saturated rings. The molecule has 1 amide bonds. The average molecular weight is 386 g/mol. The van der Waals surface area contributed by atoms with Gasteiger partial charge in [0.05, 0.1) is 36.7 Å². The normalized spacial score (nSPS) is 15.2. The molecule has 2 heterocycles. The number of aromatic nitrogens is 4. The van der Waals surface area contributed by atoms with Crippen LogP contribution < -0.4 is 15.6 Å². The lowest BCUT2D eigenvalue weighted by molar-refractivity contribution is -0.117. The Morgan fingerprint density at radius 2 is 2.07 bits per heavy atom. The molecule has 1 saturated carbocycles. The third kappa shape index (κ3) is 3.24. The molecule has 8 nitrogen and oxygen atoms in total. The van der Waals surface area contributed by atoms with Crippen molar-refractivity contribution in [2.24, 2.45) is 0 Å². The van der Waals surface area contributed by atoms with Crippen LogP contribution in [0.4, 0.5) is 14.7 Å². The van der Waals surface area contributed by atoms with Gasteiger partial charge in [0.2, 0.25) is 17.7 Å². The van der Waals surface area contributed by atoms with Crippen LogP contribution in [0.15, 0.2) is 29.3 Å². The number of nitrogens with one attached hydrogen (secondary N) is 1. The number of ether oxygens (including phenoxy) is 1. The largest absolute Gasteiger partial charge is 0.479 e. The third-order valence-corrected chi connectivity index (χ3v) is 4.29. The van der Waals surface area contributed by atoms with Crippen LogP contribution in [0.5, 0.6) is 5.88 Å². The molecule has 0 saturated heterocycles. The maximum Gasteiger partial charge on any atom is 0.275 e. The lowest BCUT2D eigenvalue weighted by Crippen LogP contribution is -2.30. The summed E-state index contributed by atoms with van der Waals surface area (Å²) in [6, 6.07) is 3.06. The van der Waals surface area contributed by atoms with Gasteiger partial charge in [0.15, 0.2) is 11.7 Å². The number of amides is 1. The molecule has 1 atom stereocenters. The van der Waals surface area contributed by atoms with Crippen molar-refractivity contribution >= 4 is 22.6 Å². The van der Waals surface area contributed by atoms with Gasteiger partial charge in [0.25, 0.3) is 5.56 Å². The van der Waals surface area contributed by atoms with E-state index in [9.17, 15) is 18.4 Å². The summed E-state index contributed by atoms with van der Waals surface area (Å²) in [5.41, 5.74) is -0.160. The highest BCUT2D eigenvalue weighted by Crippen LogP contribution is 2.42. The van der Waals surface area contributed by atoms with Crippen LogP contribution in [0.25, 0.3) is 10.8 Å². The number of rotatable bonds is 5. The summed E-state index contributed by atoms with van der Waals surface area (Å²) < 4.78 is 33.7. The number of benzene rings is 1. The third-order valence-electron chi connectivity index (χ3n) is 4.29. The van der Waals surface area contributed by atoms with Gasteiger partial charge in [-0.05, 0) is 6.07 Å². The smallest absolute Gasteiger partial charge is 0.275 e. The van der Waals surface area contributed by atoms with E-state index in [-0.39, 0.29) is 28.5 Å². The minimum Gasteiger partial charge on any atom is -0.479 e. The molecule has 1 N–H and O–H groups in total. The number of carbonyl (C=O) groups excluding carboxylic acids is 1. The van der Waals surface area contributed by atoms with Crippen molar-refractivity contribution in [3.8, 4) is 5.88 Å². The predicted octanol–water partition coefficient (Wildman–Crippen LogP) is 1.80. The minimum atomic E-state index is -0.660. The Morgan fingerprint density at radius 3 is 2.71 bits per heavy atom. The van der Waals surface area contributed by atoms with Gasteiger partial charge in [-0.1, -0.05) is 6.07 Å². The first-order chi connectivity index (χ1) is 13.5. The van der Waals surface area contributed by atoms with Crippen molar-refractivity contribution in [1.82, 2.24) is 19.7 Å². The van der Waals surface area contributed by atoms with Gasteiger partial charge in [-0.25, -0.2) is 23.4 Å². The molecule has 28 heavy (non-hydrogen) atoms. The second kappa shape index (κ2) is 6.87. The zero-order chi connectivity index (χ0) is 19.8. The zero-order valence-electron chi connectivity index (χ0n) is 14.6. The van der Waals surface area contributed by atoms with Gasteiger partial charge in [0, 0.05) is 5.56 Å². The van der Waals surface area contributed by atoms with E-state index < -0.39 is 29.6 Å². The van der Waals surface area contributed by atoms with E-state index >= 15 is 0 Å². The van der Waals surface area contributed by atoms with E-state index in [4.69, 9.17) is 4.74 Å². The maximum absolute atomic E-state index is 14.9. The highest BCUT2D eigenvalue weighted by molar-refractivity contribution is 5.90. The fourth-order valence-electron chi connectivity index (χ4n) is 2.86. The molecule has 10 heteroatoms. The second-order valence-corrected chi connectivity index (χ2v) is 6.21. The summed E-state index contributed by atoms with van der Waals surface area (Å²) in [6.07, 6.45) is 4.52. The van der Waals surface area contributed by atoms with Crippen molar-refractivity contribution < 1.29 is 18.3 Å². The highest BCUT2D eigenvalue weighted by atomic mass is 19.1. The summed E-state index contributed by atoms with van der Waals surface area (Å²) >= 11 is 0. The minimum absolute atomic E-state index is 0.0103. The summed E-state index contributed by atoms with van der Waals surface area (Å²) in [4.78, 5) is 32.1. The van der Waals surface area contributed by atoms with Crippen LogP contribution in [-0.4, -0.2) is 32.8 Å². The Bertz CT molecular complexity index is 1130. The zero-order valence-corrected chi connectivity index (χ0v) is 14.6. The standard InChI is InChI=1S/C18H13F2N5O3/c1-28-16-14-12(5-4-11(15(14)20)9-2-3-9)17(27)25(24-16)8-13(26)23-18-21-6-10(19)7-22-18/h2,4-7,9H,3,8H2,1H3/p+1. The summed E-state index contributed by atoms with van der Waals surface area (Å²) in [5, 5.41) is 6.34. The molecular weight excluding hydrogens is 372 g/mol. The number of nitrogens with zero attached hydrogens (tertiary/aromatic N) is 4. The summed E-state index contributed by atoms with van der Waals surface area (Å²) in [7, 11) is 1.30. The monoisotopic (exact) mass is 386 g/mol. The van der Waals surface area contributed by atoms with Gasteiger partial charge in [0.1, 0.15) is 18.8 Å². The molecule has 3 aromatic rings. The fraction of sp³-hybridized carbons (Fsp3) is 0.222. The first-order valence-electron chi connectivity index (χ1n) is 8.36. The second-order valence-electron chi connectivity index (χ2n) is 6.21. The number of methoxy groups -OCH3 is 1. The number of anilines is 1. The summed E-state index contributed by atoms with van der Waals surface area (Å²) in [6.45, 7) is -0.481. The average Bonchev–Trinajstić information content (AvgIpc) is 3.51. The van der Waals surface area contributed by atoms with Crippen molar-refractivity contribution in [1.29, 1.82) is 0 Å². The van der Waals surface area contributed by atoms with E-state index in [1.807, 2.05) is 6.42 Å². The number of hydrogen-bond donors (Lipinski definition) is 1. The van der Waals surface area contributed by atoms with Crippen LogP contribution in [0.2, 0.25) is 0 Å². The predicted molar refractivity (Wildman–Crippen MR) is 94.8 cm³/mol. The van der Waals surface area contributed by atoms with Gasteiger partial charge >= 0.3 is 0 Å². The first kappa shape index (κ1) is 17.8. The molecule has 0 spiro atoms. The first-order valence-corrected chi connectivity index (χ1v) is 8.36. The van der Waals surface area contributed by atoms with E-state index in [1.54, 1.807) is 6.07 Å². The van der Waals surface area contributed by atoms with E-state index in [0.717, 1.165) is 23.5 Å². The topological polar surface area (TPSA) is 99.0 Å². The molecule has 1 aliphatic carbocycles. The lowest BCUT2D eigenvalue weighted by atomic mass is 10.0. The van der Waals surface area contributed by atoms with Crippen LogP contribution in [0, 0.1) is 18.1 Å². The molecule has 0 bridgehead atoms. The van der Waals surface area contributed by atoms with Crippen molar-refractivity contribution in [2.45, 2.75) is 18.9 Å². The van der Waals surface area contributed by atoms with Crippen molar-refractivity contribution in [3.63, 3.8) is 0 Å². The Balaban J connectivity index is 1.68. The molecule has 1 unspecified atom stereocenters. The van der Waals surface area contributed by atoms with Crippen LogP contribution in [0.1, 0.15) is 17.9 Å². The number of carbonyl (C=O) groups is 1. The number of halogens is 2. The van der Waals surface area contributed by atoms with Crippen LogP contribution >= 0.6 is 0 Å². The van der Waals surface area contributed by atoms with E-state index in [0.29, 0.717) is 5.56 Å². The van der Waals surface area contributed by atoms with E-state index in [1.165, 1.54) is 13.2 Å². The number of fused-ring (bicyclic) bond motifs is 1. The van der Waals surface area contributed by atoms with Gasteiger partial charge in [-0.3, -0.25) is 14.9 Å². The molecule has 142 valence electrons. The lowest BCUT2D eigenvalue weighted by Gasteiger charge is -2.11. The van der Waals surface area contributed by atoms with Crippen LogP contribution in [0.3, 0.4) is 0 Å². The molecule has 4 rings (SSSR count). The van der Waals surface area contributed by atoms with Gasteiger partial charge in [-0.15, -0.1) is 5.10 Å². The SMILES string of the molecule is COc1nn(CC(=O)Nc2ncc(F)cn2)c(=O)c2ccc(C3[CH+]C3)c(F)c12. The van der Waals surface area contributed by atoms with Gasteiger partial charge in [-0.2, -0.15) is 0 Å². The Morgan fingerprint density at radius 1 is 1.36 bits per heavy atom. The Hall–Kier alpha value is -3.56. The molecule has 0 aliphatic heterocycles. The Labute approximate surface area is 157 Å². The molecular formula is C18H14F2N5O3+. The van der Waals surface area contributed by atoms with Crippen LogP contribution in [-0.2, 0) is 11.3 Å². The fourth-order valence-corrected chi connectivity index (χ4v) is 2.86. The number of hydrogen-bond acceptors (Lipinski definition) is 6.